The fraction of sp³-hybridized carbons (Fsp3) is 0.143. The maximum atomic E-state index is 10.4. The first-order valence-corrected chi connectivity index (χ1v) is 4.43. The second-order valence-electron chi connectivity index (χ2n) is 2.27. The molecule has 0 atom stereocenters. The van der Waals surface area contributed by atoms with Crippen LogP contribution in [0.25, 0.3) is 0 Å². The number of hydrogen-bond donors (Lipinski definition) is 0. The van der Waals surface area contributed by atoms with Crippen molar-refractivity contribution in [2.75, 3.05) is 0 Å². The first kappa shape index (κ1) is 17.8. The summed E-state index contributed by atoms with van der Waals surface area (Å²) in [6, 6.07) is 5.78. The van der Waals surface area contributed by atoms with Crippen LogP contribution in [0.1, 0.15) is 5.56 Å². The Kier molecular flexibility index (Phi) is 10.5. The van der Waals surface area contributed by atoms with Crippen molar-refractivity contribution >= 4 is 61.5 Å². The fourth-order valence-corrected chi connectivity index (χ4v) is 1.17. The van der Waals surface area contributed by atoms with E-state index in [4.69, 9.17) is 0 Å². The first-order valence-electron chi connectivity index (χ1n) is 3.03. The number of rotatable bonds is 1. The number of aryl methyl sites for hydroxylation is 1. The standard InChI is InChI=1S/C7H8O3S.2K.H/c1-6-2-4-7(5-3-6)11(8,9)10;;;/h2-5H,1H3,(H,8,9,10);;;/q;;+1;/p-1. The van der Waals surface area contributed by atoms with Crippen LogP contribution < -0.4 is 51.4 Å². The molecule has 0 spiro atoms. The van der Waals surface area contributed by atoms with Crippen molar-refractivity contribution in [3.05, 3.63) is 29.8 Å². The predicted octanol–water partition coefficient (Wildman–Crippen LogP) is -2.75. The van der Waals surface area contributed by atoms with E-state index in [1.807, 2.05) is 6.92 Å². The summed E-state index contributed by atoms with van der Waals surface area (Å²) in [5, 5.41) is 0. The molecule has 0 N–H and O–H groups in total. The Morgan fingerprint density at radius 3 is 1.85 bits per heavy atom. The Labute approximate surface area is 163 Å². The topological polar surface area (TPSA) is 57.2 Å². The van der Waals surface area contributed by atoms with Crippen LogP contribution in [-0.2, 0) is 10.1 Å². The van der Waals surface area contributed by atoms with Crippen molar-refractivity contribution in [2.24, 2.45) is 0 Å². The molecule has 0 radical (unpaired) electrons. The van der Waals surface area contributed by atoms with Gasteiger partial charge in [0.25, 0.3) is 0 Å². The van der Waals surface area contributed by atoms with E-state index in [1.54, 1.807) is 12.1 Å². The van der Waals surface area contributed by atoms with Gasteiger partial charge in [-0.3, -0.25) is 0 Å². The second kappa shape index (κ2) is 7.64. The Hall–Kier alpha value is 2.40. The van der Waals surface area contributed by atoms with Crippen LogP contribution in [0.4, 0.5) is 0 Å². The van der Waals surface area contributed by atoms with E-state index in [0.29, 0.717) is 0 Å². The second-order valence-corrected chi connectivity index (χ2v) is 3.65. The van der Waals surface area contributed by atoms with Crippen molar-refractivity contribution in [2.45, 2.75) is 11.8 Å². The summed E-state index contributed by atoms with van der Waals surface area (Å²) >= 11 is 0. The summed E-state index contributed by atoms with van der Waals surface area (Å²) in [7, 11) is -4.27. The van der Waals surface area contributed by atoms with Crippen molar-refractivity contribution in [1.29, 1.82) is 0 Å². The van der Waals surface area contributed by atoms with E-state index >= 15 is 0 Å². The molecule has 0 aliphatic heterocycles. The molecule has 0 amide bonds. The molecule has 62 valence electrons. The van der Waals surface area contributed by atoms with Gasteiger partial charge in [-0.15, -0.1) is 0 Å². The van der Waals surface area contributed by atoms with Crippen LogP contribution in [0.2, 0.25) is 0 Å². The van der Waals surface area contributed by atoms with Gasteiger partial charge in [-0.25, -0.2) is 8.42 Å². The van der Waals surface area contributed by atoms with E-state index in [0.717, 1.165) is 5.56 Å². The molecular formula is C7H8K2O3S. The summed E-state index contributed by atoms with van der Waals surface area (Å²) in [6.45, 7) is 1.82. The van der Waals surface area contributed by atoms with Crippen molar-refractivity contribution in [3.8, 4) is 0 Å². The van der Waals surface area contributed by atoms with Crippen LogP contribution in [0.5, 0.6) is 0 Å². The van der Waals surface area contributed by atoms with E-state index in [1.165, 1.54) is 12.1 Å². The average molecular weight is 250 g/mol. The molecule has 6 heteroatoms. The van der Waals surface area contributed by atoms with Crippen LogP contribution in [0.15, 0.2) is 29.2 Å². The van der Waals surface area contributed by atoms with E-state index in [9.17, 15) is 13.0 Å². The molecular weight excluding hydrogens is 242 g/mol. The minimum absolute atomic E-state index is 0. The van der Waals surface area contributed by atoms with Crippen LogP contribution in [-0.4, -0.2) is 64.4 Å². The normalized spacial score (nSPS) is 9.69. The van der Waals surface area contributed by atoms with Crippen LogP contribution >= 0.6 is 0 Å². The molecule has 1 aromatic rings. The molecule has 0 saturated heterocycles. The van der Waals surface area contributed by atoms with E-state index in [2.05, 4.69) is 0 Å². The van der Waals surface area contributed by atoms with Gasteiger partial charge in [0, 0.05) is 0 Å². The third-order valence-electron chi connectivity index (χ3n) is 1.31. The monoisotopic (exact) mass is 250 g/mol. The molecule has 1 aromatic carbocycles. The number of hydrogen-bond acceptors (Lipinski definition) is 3. The Morgan fingerprint density at radius 1 is 1.15 bits per heavy atom. The minimum atomic E-state index is -4.27. The molecule has 3 nitrogen and oxygen atoms in total. The Bertz CT molecular complexity index is 345. The van der Waals surface area contributed by atoms with Gasteiger partial charge in [0.15, 0.2) is 0 Å². The van der Waals surface area contributed by atoms with Crippen LogP contribution in [0.3, 0.4) is 0 Å². The average Bonchev–Trinajstić information content (AvgIpc) is 1.86. The third-order valence-corrected chi connectivity index (χ3v) is 2.16. The van der Waals surface area contributed by atoms with Gasteiger partial charge in [0.1, 0.15) is 10.1 Å². The molecule has 0 heterocycles. The van der Waals surface area contributed by atoms with Gasteiger partial charge >= 0.3 is 103 Å². The van der Waals surface area contributed by atoms with Gasteiger partial charge < -0.3 is 4.55 Å². The summed E-state index contributed by atoms with van der Waals surface area (Å²) < 4.78 is 31.2. The van der Waals surface area contributed by atoms with Crippen LogP contribution in [0, 0.1) is 6.92 Å². The zero-order chi connectivity index (χ0) is 8.48. The van der Waals surface area contributed by atoms with Crippen molar-refractivity contribution in [3.63, 3.8) is 0 Å². The summed E-state index contributed by atoms with van der Waals surface area (Å²) in [5.74, 6) is 0. The summed E-state index contributed by atoms with van der Waals surface area (Å²) in [6.07, 6.45) is 0. The van der Waals surface area contributed by atoms with Gasteiger partial charge in [0.2, 0.25) is 0 Å². The molecule has 1 rings (SSSR count). The van der Waals surface area contributed by atoms with Gasteiger partial charge in [-0.2, -0.15) is 0 Å². The Balaban J connectivity index is 0. The molecule has 0 aromatic heterocycles. The van der Waals surface area contributed by atoms with E-state index in [-0.39, 0.29) is 108 Å². The van der Waals surface area contributed by atoms with Gasteiger partial charge in [-0.05, 0) is 19.1 Å². The van der Waals surface area contributed by atoms with Crippen molar-refractivity contribution < 1.29 is 64.4 Å². The predicted molar refractivity (Wildman–Crippen MR) is 46.3 cm³/mol. The molecule has 13 heavy (non-hydrogen) atoms. The van der Waals surface area contributed by atoms with Gasteiger partial charge in [0.05, 0.1) is 4.90 Å². The summed E-state index contributed by atoms with van der Waals surface area (Å²) in [5.41, 5.74) is 0.928. The molecule has 0 aliphatic rings. The fourth-order valence-electron chi connectivity index (χ4n) is 0.705. The van der Waals surface area contributed by atoms with Crippen molar-refractivity contribution in [1.82, 2.24) is 0 Å². The number of benzene rings is 1. The first-order chi connectivity index (χ1) is 5.00. The molecule has 0 fully saturated rings. The zero-order valence-electron chi connectivity index (χ0n) is 6.94. The SMILES string of the molecule is Cc1ccc(S(=O)(=O)[O-])cc1.[K+].[KH]. The third kappa shape index (κ3) is 6.54. The quantitative estimate of drug-likeness (QED) is 0.401. The Morgan fingerprint density at radius 2 is 1.54 bits per heavy atom. The van der Waals surface area contributed by atoms with E-state index < -0.39 is 10.1 Å². The molecule has 0 saturated carbocycles. The zero-order valence-corrected chi connectivity index (χ0v) is 10.9. The maximum absolute atomic E-state index is 10.4. The molecule has 0 aliphatic carbocycles. The molecule has 0 bridgehead atoms. The summed E-state index contributed by atoms with van der Waals surface area (Å²) in [4.78, 5) is -0.178. The molecule has 0 unspecified atom stereocenters. The van der Waals surface area contributed by atoms with Gasteiger partial charge in [-0.1, -0.05) is 17.7 Å².